The van der Waals surface area contributed by atoms with Crippen LogP contribution in [0.5, 0.6) is 40.2 Å². The Kier molecular flexibility index (Phi) is 8.27. The summed E-state index contributed by atoms with van der Waals surface area (Å²) >= 11 is 1.42. The molecule has 0 amide bonds. The van der Waals surface area contributed by atoms with E-state index in [0.717, 1.165) is 22.3 Å². The van der Waals surface area contributed by atoms with Crippen LogP contribution >= 0.6 is 11.8 Å². The fourth-order valence-corrected chi connectivity index (χ4v) is 11.9. The molecule has 14 nitrogen and oxygen atoms in total. The Morgan fingerprint density at radius 2 is 1.82 bits per heavy atom. The smallest absolute Gasteiger partial charge is 0.333 e. The fourth-order valence-electron chi connectivity index (χ4n) is 10.3. The van der Waals surface area contributed by atoms with Crippen LogP contribution in [-0.4, -0.2) is 95.7 Å². The number of nitrogens with zero attached hydrogens (tertiary/aromatic N) is 2. The number of aliphatic hydroxyl groups is 1. The summed E-state index contributed by atoms with van der Waals surface area (Å²) < 4.78 is 36.1. The van der Waals surface area contributed by atoms with Gasteiger partial charge in [-0.05, 0) is 75.0 Å². The molecule has 9 rings (SSSR count). The SMILES string of the molecule is COc1cc2c(cc1O)CCN[C@]21CS[C@]2(C[C@H](N3C(C)[C@H]4c5c(cc(C)c(OC)c5O)C[C@@H]([C@@H]3O)N4C)c3c4c(c(C)c(OC(C)=O)c32)OCO4)OC1=O. The Hall–Kier alpha value is -4.41. The van der Waals surface area contributed by atoms with Crippen molar-refractivity contribution in [3.63, 3.8) is 0 Å². The summed E-state index contributed by atoms with van der Waals surface area (Å²) in [5.41, 5.74) is 4.37. The molecule has 0 saturated carbocycles. The van der Waals surface area contributed by atoms with Crippen molar-refractivity contribution in [1.82, 2.24) is 15.1 Å². The van der Waals surface area contributed by atoms with E-state index < -0.39 is 40.7 Å². The first-order valence-electron chi connectivity index (χ1n) is 18.5. The molecule has 6 aliphatic rings. The summed E-state index contributed by atoms with van der Waals surface area (Å²) in [7, 11) is 4.97. The van der Waals surface area contributed by atoms with E-state index in [2.05, 4.69) is 10.2 Å². The summed E-state index contributed by atoms with van der Waals surface area (Å²) in [6.45, 7) is 7.44. The van der Waals surface area contributed by atoms with Crippen LogP contribution in [0.25, 0.3) is 0 Å². The molecule has 0 radical (unpaired) electrons. The number of fused-ring (bicyclic) bond motifs is 10. The monoisotopic (exact) mass is 775 g/mol. The average molecular weight is 776 g/mol. The highest BCUT2D eigenvalue weighted by Gasteiger charge is 2.64. The van der Waals surface area contributed by atoms with Gasteiger partial charge in [-0.25, -0.2) is 4.79 Å². The maximum absolute atomic E-state index is 14.8. The van der Waals surface area contributed by atoms with E-state index in [0.29, 0.717) is 58.9 Å². The number of methoxy groups -OCH3 is 2. The molecule has 292 valence electrons. The zero-order valence-electron chi connectivity index (χ0n) is 31.8. The Morgan fingerprint density at radius 1 is 1.05 bits per heavy atom. The fraction of sp³-hybridized carbons (Fsp3) is 0.500. The number of thioether (sulfide) groups is 1. The number of carbonyl (C=O) groups excluding carboxylic acids is 2. The van der Waals surface area contributed by atoms with Crippen LogP contribution < -0.4 is 29.0 Å². The molecule has 15 heteroatoms. The Labute approximate surface area is 322 Å². The molecule has 3 aromatic rings. The average Bonchev–Trinajstić information content (AvgIpc) is 3.75. The number of hydrogen-bond acceptors (Lipinski definition) is 15. The normalized spacial score (nSPS) is 30.5. The molecule has 7 atom stereocenters. The van der Waals surface area contributed by atoms with Gasteiger partial charge in [-0.15, -0.1) is 11.8 Å². The lowest BCUT2D eigenvalue weighted by molar-refractivity contribution is -0.174. The number of nitrogens with one attached hydrogen (secondary N) is 1. The first-order chi connectivity index (χ1) is 26.3. The van der Waals surface area contributed by atoms with Crippen molar-refractivity contribution >= 4 is 23.7 Å². The molecule has 3 aromatic carbocycles. The summed E-state index contributed by atoms with van der Waals surface area (Å²) in [6.07, 6.45) is 0.250. The van der Waals surface area contributed by atoms with Gasteiger partial charge in [0, 0.05) is 54.4 Å². The molecule has 2 fully saturated rings. The Morgan fingerprint density at radius 3 is 2.53 bits per heavy atom. The van der Waals surface area contributed by atoms with Crippen LogP contribution in [0.4, 0.5) is 0 Å². The number of aromatic hydroxyl groups is 2. The standard InChI is InChI=1S/C40H45N3O11S/c1-17-10-22-11-24-37(47)43(19(3)31(42(24)5)28(22)32(46)33(17)50-7)25-14-40(30-29(25)36-35(51-16-52-36)18(2)34(30)53-20(4)44)54-38(48)39(15-55-40)23-13-27(49-6)26(45)12-21(23)8-9-41-39/h10,12-13,19,24-25,31,37,41,45-47H,8-9,11,14-16H2,1-7H3/t19?,24-,25-,31-,37-,39+,40-/m0/s1. The van der Waals surface area contributed by atoms with Crippen LogP contribution in [0.2, 0.25) is 0 Å². The van der Waals surface area contributed by atoms with Gasteiger partial charge in [-0.1, -0.05) is 6.07 Å². The first-order valence-corrected chi connectivity index (χ1v) is 19.5. The maximum atomic E-state index is 14.8. The number of piperazine rings is 1. The molecule has 4 N–H and O–H groups in total. The van der Waals surface area contributed by atoms with E-state index in [1.807, 2.05) is 31.9 Å². The minimum Gasteiger partial charge on any atom is -0.504 e. The largest absolute Gasteiger partial charge is 0.504 e. The molecule has 2 bridgehead atoms. The molecule has 2 spiro atoms. The summed E-state index contributed by atoms with van der Waals surface area (Å²) in [6, 6.07) is 3.64. The van der Waals surface area contributed by atoms with Crippen molar-refractivity contribution in [2.24, 2.45) is 0 Å². The number of esters is 2. The number of phenols is 2. The van der Waals surface area contributed by atoms with Crippen LogP contribution in [0, 0.1) is 13.8 Å². The number of carbonyl (C=O) groups is 2. The summed E-state index contributed by atoms with van der Waals surface area (Å²) in [4.78, 5) is 30.4. The van der Waals surface area contributed by atoms with Crippen molar-refractivity contribution in [3.05, 3.63) is 62.7 Å². The number of ether oxygens (including phenoxy) is 6. The van der Waals surface area contributed by atoms with E-state index in [-0.39, 0.29) is 54.0 Å². The van der Waals surface area contributed by atoms with E-state index in [4.69, 9.17) is 28.4 Å². The highest BCUT2D eigenvalue weighted by Crippen LogP contribution is 2.67. The van der Waals surface area contributed by atoms with E-state index in [9.17, 15) is 24.9 Å². The molecule has 1 aliphatic carbocycles. The Bertz CT molecular complexity index is 2180. The second-order valence-electron chi connectivity index (χ2n) is 15.4. The second kappa shape index (κ2) is 12.5. The maximum Gasteiger partial charge on any atom is 0.333 e. The van der Waals surface area contributed by atoms with Gasteiger partial charge >= 0.3 is 11.9 Å². The Balaban J connectivity index is 1.20. The van der Waals surface area contributed by atoms with Gasteiger partial charge in [0.15, 0.2) is 45.0 Å². The zero-order valence-corrected chi connectivity index (χ0v) is 32.6. The van der Waals surface area contributed by atoms with Gasteiger partial charge in [0.1, 0.15) is 12.0 Å². The topological polar surface area (TPSA) is 169 Å². The highest BCUT2D eigenvalue weighted by molar-refractivity contribution is 8.00. The third kappa shape index (κ3) is 4.89. The van der Waals surface area contributed by atoms with Crippen molar-refractivity contribution in [1.29, 1.82) is 0 Å². The predicted molar refractivity (Wildman–Crippen MR) is 199 cm³/mol. The van der Waals surface area contributed by atoms with Crippen molar-refractivity contribution < 1.29 is 53.3 Å². The lowest BCUT2D eigenvalue weighted by atomic mass is 9.78. The molecule has 5 aliphatic heterocycles. The van der Waals surface area contributed by atoms with E-state index in [1.165, 1.54) is 25.8 Å². The number of phenolic OH excluding ortho intramolecular Hbond substituents is 2. The van der Waals surface area contributed by atoms with Crippen LogP contribution in [0.15, 0.2) is 18.2 Å². The number of rotatable bonds is 4. The molecule has 2 saturated heterocycles. The summed E-state index contributed by atoms with van der Waals surface area (Å²) in [5, 5.41) is 38.2. The van der Waals surface area contributed by atoms with Crippen molar-refractivity contribution in [2.45, 2.75) is 87.8 Å². The number of aryl methyl sites for hydroxylation is 1. The van der Waals surface area contributed by atoms with Crippen LogP contribution in [-0.2, 0) is 37.6 Å². The molecule has 5 heterocycles. The van der Waals surface area contributed by atoms with E-state index in [1.54, 1.807) is 26.2 Å². The van der Waals surface area contributed by atoms with Gasteiger partial charge in [-0.2, -0.15) is 0 Å². The number of likely N-dealkylation sites (N-methyl/N-ethyl adjacent to an activating group) is 1. The third-order valence-electron chi connectivity index (χ3n) is 12.7. The highest BCUT2D eigenvalue weighted by atomic mass is 32.2. The van der Waals surface area contributed by atoms with Crippen LogP contribution in [0.1, 0.15) is 76.9 Å². The number of aliphatic hydroxyl groups excluding tert-OH is 1. The van der Waals surface area contributed by atoms with E-state index >= 15 is 0 Å². The van der Waals surface area contributed by atoms with Crippen molar-refractivity contribution in [3.8, 4) is 40.2 Å². The molecular weight excluding hydrogens is 731 g/mol. The lowest BCUT2D eigenvalue weighted by Gasteiger charge is -2.57. The molecule has 0 aromatic heterocycles. The molecule has 55 heavy (non-hydrogen) atoms. The zero-order chi connectivity index (χ0) is 38.9. The van der Waals surface area contributed by atoms with Gasteiger partial charge in [0.25, 0.3) is 0 Å². The van der Waals surface area contributed by atoms with Gasteiger partial charge in [0.2, 0.25) is 6.79 Å². The minimum atomic E-state index is -1.38. The third-order valence-corrected chi connectivity index (χ3v) is 14.2. The van der Waals surface area contributed by atoms with Crippen LogP contribution in [0.3, 0.4) is 0 Å². The van der Waals surface area contributed by atoms with Crippen molar-refractivity contribution in [2.75, 3.05) is 40.4 Å². The van der Waals surface area contributed by atoms with Gasteiger partial charge < -0.3 is 43.7 Å². The first kappa shape index (κ1) is 36.2. The lowest BCUT2D eigenvalue weighted by Crippen LogP contribution is -2.66. The molecule has 1 unspecified atom stereocenters. The van der Waals surface area contributed by atoms with Gasteiger partial charge in [-0.3, -0.25) is 19.9 Å². The molecular formula is C40H45N3O11S. The second-order valence-corrected chi connectivity index (χ2v) is 16.7. The quantitative estimate of drug-likeness (QED) is 0.222. The van der Waals surface area contributed by atoms with Gasteiger partial charge in [0.05, 0.1) is 31.9 Å². The number of benzene rings is 3. The number of hydrogen-bond donors (Lipinski definition) is 4. The summed E-state index contributed by atoms with van der Waals surface area (Å²) in [5.74, 6) is 0.990. The minimum absolute atomic E-state index is 0.00845. The predicted octanol–water partition coefficient (Wildman–Crippen LogP) is 3.93.